The van der Waals surface area contributed by atoms with Gasteiger partial charge in [-0.3, -0.25) is 14.8 Å². The predicted octanol–water partition coefficient (Wildman–Crippen LogP) is -1.59. The SMILES string of the molecule is BC(B)(B)n1cc2cc([N+](=O)[O-])ccc2n1. The van der Waals surface area contributed by atoms with Crippen LogP contribution in [0.15, 0.2) is 24.4 Å². The maximum Gasteiger partial charge on any atom is 0.270 e. The number of rotatable bonds is 2. The largest absolute Gasteiger partial charge is 0.289 e. The number of benzene rings is 1. The van der Waals surface area contributed by atoms with Gasteiger partial charge in [-0.15, -0.1) is 0 Å². The average molecular weight is 213 g/mol. The molecule has 0 spiro atoms. The van der Waals surface area contributed by atoms with Crippen molar-refractivity contribution in [3.05, 3.63) is 34.5 Å². The van der Waals surface area contributed by atoms with E-state index in [2.05, 4.69) is 5.10 Å². The summed E-state index contributed by atoms with van der Waals surface area (Å²) in [5.41, 5.74) is 0.876. The summed E-state index contributed by atoms with van der Waals surface area (Å²) < 4.78 is 1.82. The van der Waals surface area contributed by atoms with Crippen molar-refractivity contribution >= 4 is 40.1 Å². The molecule has 0 bridgehead atoms. The highest BCUT2D eigenvalue weighted by atomic mass is 16.6. The van der Waals surface area contributed by atoms with Gasteiger partial charge in [0, 0.05) is 23.7 Å². The van der Waals surface area contributed by atoms with Gasteiger partial charge >= 0.3 is 0 Å². The van der Waals surface area contributed by atoms with Crippen molar-refractivity contribution in [3.8, 4) is 0 Å². The van der Waals surface area contributed by atoms with Crippen LogP contribution in [-0.2, 0) is 5.24 Å². The van der Waals surface area contributed by atoms with E-state index in [9.17, 15) is 10.1 Å². The summed E-state index contributed by atoms with van der Waals surface area (Å²) in [5.74, 6) is 0. The molecule has 1 aromatic carbocycles. The van der Waals surface area contributed by atoms with Crippen LogP contribution < -0.4 is 0 Å². The van der Waals surface area contributed by atoms with Crippen LogP contribution in [0.4, 0.5) is 5.69 Å². The van der Waals surface area contributed by atoms with Gasteiger partial charge in [-0.05, 0) is 11.3 Å². The smallest absolute Gasteiger partial charge is 0.270 e. The zero-order valence-corrected chi connectivity index (χ0v) is 9.47. The number of hydrogen-bond acceptors (Lipinski definition) is 3. The zero-order valence-electron chi connectivity index (χ0n) is 9.47. The normalized spacial score (nSPS) is 11.8. The molecular weight excluding hydrogens is 203 g/mol. The molecule has 0 radical (unpaired) electrons. The van der Waals surface area contributed by atoms with Crippen molar-refractivity contribution in [1.82, 2.24) is 9.78 Å². The molecule has 0 unspecified atom stereocenters. The minimum atomic E-state index is -0.395. The highest BCUT2D eigenvalue weighted by Gasteiger charge is 2.16. The molecule has 0 saturated heterocycles. The quantitative estimate of drug-likeness (QED) is 0.343. The van der Waals surface area contributed by atoms with Crippen LogP contribution in [0.3, 0.4) is 0 Å². The van der Waals surface area contributed by atoms with Crippen LogP contribution in [-0.4, -0.2) is 38.2 Å². The van der Waals surface area contributed by atoms with Gasteiger partial charge in [-0.2, -0.15) is 5.10 Å². The molecule has 78 valence electrons. The number of nitrogens with zero attached hydrogens (tertiary/aromatic N) is 3. The van der Waals surface area contributed by atoms with Gasteiger partial charge in [0.25, 0.3) is 5.69 Å². The summed E-state index contributed by atoms with van der Waals surface area (Å²) in [4.78, 5) is 10.2. The fourth-order valence-electron chi connectivity index (χ4n) is 1.47. The molecule has 0 N–H and O–H groups in total. The van der Waals surface area contributed by atoms with Gasteiger partial charge in [0.15, 0.2) is 0 Å². The summed E-state index contributed by atoms with van der Waals surface area (Å²) in [6, 6.07) is 4.70. The summed E-state index contributed by atoms with van der Waals surface area (Å²) in [7, 11) is 6.11. The Balaban J connectivity index is 2.59. The molecule has 16 heavy (non-hydrogen) atoms. The molecule has 0 aliphatic heterocycles. The topological polar surface area (TPSA) is 61.0 Å². The number of aromatic nitrogens is 2. The maximum absolute atomic E-state index is 10.6. The Morgan fingerprint density at radius 1 is 1.38 bits per heavy atom. The Hall–Kier alpha value is -1.72. The first-order chi connectivity index (χ1) is 7.38. The van der Waals surface area contributed by atoms with E-state index in [0.717, 1.165) is 10.9 Å². The van der Waals surface area contributed by atoms with Crippen LogP contribution in [0.5, 0.6) is 0 Å². The van der Waals surface area contributed by atoms with Crippen molar-refractivity contribution in [2.24, 2.45) is 0 Å². The van der Waals surface area contributed by atoms with Crippen molar-refractivity contribution < 1.29 is 4.92 Å². The highest BCUT2D eigenvalue weighted by Crippen LogP contribution is 2.20. The lowest BCUT2D eigenvalue weighted by Gasteiger charge is -2.18. The minimum Gasteiger partial charge on any atom is -0.289 e. The third-order valence-electron chi connectivity index (χ3n) is 2.39. The van der Waals surface area contributed by atoms with Crippen molar-refractivity contribution in [2.75, 3.05) is 0 Å². The molecule has 0 saturated carbocycles. The number of hydrogen-bond donors (Lipinski definition) is 0. The summed E-state index contributed by atoms with van der Waals surface area (Å²) in [5, 5.41) is 15.7. The Morgan fingerprint density at radius 3 is 2.62 bits per heavy atom. The van der Waals surface area contributed by atoms with Gasteiger partial charge < -0.3 is 0 Å². The van der Waals surface area contributed by atoms with E-state index in [1.165, 1.54) is 6.07 Å². The second kappa shape index (κ2) is 3.40. The van der Waals surface area contributed by atoms with E-state index >= 15 is 0 Å². The van der Waals surface area contributed by atoms with Crippen molar-refractivity contribution in [1.29, 1.82) is 0 Å². The monoisotopic (exact) mass is 213 g/mol. The van der Waals surface area contributed by atoms with Crippen LogP contribution in [0.2, 0.25) is 0 Å². The third kappa shape index (κ3) is 1.82. The highest BCUT2D eigenvalue weighted by molar-refractivity contribution is 6.56. The van der Waals surface area contributed by atoms with Gasteiger partial charge in [-0.1, -0.05) is 0 Å². The molecule has 0 atom stereocenters. The molecule has 0 fully saturated rings. The second-order valence-corrected chi connectivity index (χ2v) is 4.74. The summed E-state index contributed by atoms with van der Waals surface area (Å²) in [6.07, 6.45) is 1.84. The molecule has 1 aromatic heterocycles. The lowest BCUT2D eigenvalue weighted by Crippen LogP contribution is -2.35. The molecule has 0 amide bonds. The number of fused-ring (bicyclic) bond motifs is 1. The standard InChI is InChI=1S/C8H10B3N3O2/c9-8(10,11)13-4-5-3-6(14(15)16)1-2-7(5)12-13/h1-4H,9-11H2. The van der Waals surface area contributed by atoms with E-state index in [-0.39, 0.29) is 10.9 Å². The Morgan fingerprint density at radius 2 is 2.06 bits per heavy atom. The molecule has 2 rings (SSSR count). The fourth-order valence-corrected chi connectivity index (χ4v) is 1.47. The van der Waals surface area contributed by atoms with Crippen molar-refractivity contribution in [3.63, 3.8) is 0 Å². The molecule has 8 heteroatoms. The van der Waals surface area contributed by atoms with Gasteiger partial charge in [0.1, 0.15) is 23.5 Å². The average Bonchev–Trinajstić information content (AvgIpc) is 2.58. The summed E-state index contributed by atoms with van der Waals surface area (Å²) >= 11 is 0. The fraction of sp³-hybridized carbons (Fsp3) is 0.125. The van der Waals surface area contributed by atoms with Crippen molar-refractivity contribution in [2.45, 2.75) is 5.24 Å². The maximum atomic E-state index is 10.6. The molecular formula is C8H10B3N3O2. The van der Waals surface area contributed by atoms with E-state index in [4.69, 9.17) is 0 Å². The first-order valence-corrected chi connectivity index (χ1v) is 5.02. The van der Waals surface area contributed by atoms with Gasteiger partial charge in [-0.25, -0.2) is 0 Å². The first kappa shape index (κ1) is 10.8. The van der Waals surface area contributed by atoms with Crippen LogP contribution in [0.1, 0.15) is 0 Å². The van der Waals surface area contributed by atoms with E-state index in [1.807, 2.05) is 34.4 Å². The first-order valence-electron chi connectivity index (χ1n) is 5.02. The Labute approximate surface area is 95.2 Å². The number of nitro benzene ring substituents is 1. The van der Waals surface area contributed by atoms with E-state index in [0.29, 0.717) is 0 Å². The number of nitro groups is 1. The molecule has 2 aromatic rings. The second-order valence-electron chi connectivity index (χ2n) is 4.74. The zero-order chi connectivity index (χ0) is 11.9. The predicted molar refractivity (Wildman–Crippen MR) is 70.0 cm³/mol. The lowest BCUT2D eigenvalue weighted by molar-refractivity contribution is -0.384. The molecule has 0 aliphatic carbocycles. The molecule has 1 heterocycles. The van der Waals surface area contributed by atoms with E-state index < -0.39 is 4.92 Å². The van der Waals surface area contributed by atoms with Gasteiger partial charge in [0.05, 0.1) is 10.4 Å². The Bertz CT molecular complexity index is 561. The molecule has 0 aliphatic rings. The summed E-state index contributed by atoms with van der Waals surface area (Å²) in [6.45, 7) is 0. The van der Waals surface area contributed by atoms with Gasteiger partial charge in [0.2, 0.25) is 0 Å². The lowest BCUT2D eigenvalue weighted by atomic mass is 9.49. The number of non-ortho nitro benzene ring substituents is 1. The minimum absolute atomic E-state index is 0.0981. The molecule has 5 nitrogen and oxygen atoms in total. The van der Waals surface area contributed by atoms with Crippen LogP contribution >= 0.6 is 0 Å². The third-order valence-corrected chi connectivity index (χ3v) is 2.39. The van der Waals surface area contributed by atoms with E-state index in [1.54, 1.807) is 12.1 Å². The van der Waals surface area contributed by atoms with Crippen LogP contribution in [0, 0.1) is 10.1 Å². The van der Waals surface area contributed by atoms with Crippen LogP contribution in [0.25, 0.3) is 10.9 Å². The Kier molecular flexibility index (Phi) is 2.29.